The quantitative estimate of drug-likeness (QED) is 0.215. The van der Waals surface area contributed by atoms with E-state index in [0.29, 0.717) is 0 Å². The third-order valence-electron chi connectivity index (χ3n) is 5.90. The Morgan fingerprint density at radius 3 is 1.74 bits per heavy atom. The predicted molar refractivity (Wildman–Crippen MR) is 114 cm³/mol. The van der Waals surface area contributed by atoms with Crippen LogP contribution in [0.15, 0.2) is 4.99 Å². The van der Waals surface area contributed by atoms with Crippen molar-refractivity contribution in [3.8, 4) is 0 Å². The molecule has 0 spiro atoms. The Morgan fingerprint density at radius 1 is 0.852 bits per heavy atom. The molecule has 0 fully saturated rings. The molecule has 0 aromatic rings. The van der Waals surface area contributed by atoms with Gasteiger partial charge in [-0.15, -0.1) is 6.54 Å². The molecular formula is C23H45N2NaO. The number of aliphatic hydroxyl groups is 1. The summed E-state index contributed by atoms with van der Waals surface area (Å²) >= 11 is 0. The molecule has 0 saturated heterocycles. The van der Waals surface area contributed by atoms with Crippen LogP contribution in [0, 0.1) is 12.0 Å². The summed E-state index contributed by atoms with van der Waals surface area (Å²) in [6.07, 6.45) is 21.5. The molecule has 1 aliphatic rings. The van der Waals surface area contributed by atoms with E-state index in [9.17, 15) is 5.11 Å². The van der Waals surface area contributed by atoms with E-state index in [1.165, 1.54) is 89.9 Å². The van der Waals surface area contributed by atoms with Crippen molar-refractivity contribution in [3.63, 3.8) is 0 Å². The van der Waals surface area contributed by atoms with Crippen molar-refractivity contribution in [2.45, 2.75) is 117 Å². The minimum atomic E-state index is 0. The van der Waals surface area contributed by atoms with E-state index in [4.69, 9.17) is 0 Å². The third kappa shape index (κ3) is 13.2. The number of hydrogen-bond acceptors (Lipinski definition) is 3. The second kappa shape index (κ2) is 18.3. The number of nitrogens with one attached hydrogen (secondary N) is 1. The molecule has 1 heterocycles. The van der Waals surface area contributed by atoms with Crippen LogP contribution in [0.1, 0.15) is 117 Å². The second-order valence-electron chi connectivity index (χ2n) is 8.42. The van der Waals surface area contributed by atoms with E-state index in [1.807, 2.05) is 6.54 Å². The van der Waals surface area contributed by atoms with E-state index in [1.54, 1.807) is 0 Å². The molecule has 1 rings (SSSR count). The number of nitrogens with zero attached hydrogens (tertiary/aromatic N) is 1. The summed E-state index contributed by atoms with van der Waals surface area (Å²) in [5, 5.41) is 12.7. The van der Waals surface area contributed by atoms with Crippen LogP contribution in [-0.4, -0.2) is 24.1 Å². The second-order valence-corrected chi connectivity index (χ2v) is 8.42. The first-order valence-corrected chi connectivity index (χ1v) is 11.5. The normalized spacial score (nSPS) is 15.4. The first-order valence-electron chi connectivity index (χ1n) is 11.5. The van der Waals surface area contributed by atoms with Crippen molar-refractivity contribution >= 4 is 5.84 Å². The average Bonchev–Trinajstić information content (AvgIpc) is 3.18. The van der Waals surface area contributed by atoms with Crippen molar-refractivity contribution in [2.75, 3.05) is 13.2 Å². The van der Waals surface area contributed by atoms with E-state index < -0.39 is 0 Å². The monoisotopic (exact) mass is 388 g/mol. The first kappa shape index (κ1) is 27.3. The summed E-state index contributed by atoms with van der Waals surface area (Å²) in [5.41, 5.74) is 0.0267. The van der Waals surface area contributed by atoms with E-state index in [-0.39, 0.29) is 41.6 Å². The van der Waals surface area contributed by atoms with Gasteiger partial charge in [-0.05, 0) is 24.2 Å². The first-order chi connectivity index (χ1) is 12.7. The number of aliphatic hydroxyl groups excluding tert-OH is 1. The van der Waals surface area contributed by atoms with Gasteiger partial charge in [-0.1, -0.05) is 110 Å². The summed E-state index contributed by atoms with van der Waals surface area (Å²) in [4.78, 5) is 4.48. The average molecular weight is 389 g/mol. The number of unbranched alkanes of at least 4 members (excludes halogenated alkanes) is 13. The van der Waals surface area contributed by atoms with Crippen molar-refractivity contribution in [3.05, 3.63) is 6.54 Å². The van der Waals surface area contributed by atoms with Crippen LogP contribution >= 0.6 is 0 Å². The Hall–Kier alpha value is 0.300. The fourth-order valence-corrected chi connectivity index (χ4v) is 4.01. The predicted octanol–water partition coefficient (Wildman–Crippen LogP) is 3.41. The standard InChI is InChI=1S/C23H45N2O.Na/c1-3-4-5-6-7-8-9-10-11-12-13-14-15-16-17-23(2,18-21-26)22-24-19-20-25-22;/h19,26H,3-18,20-21H2,1-2H3,(H,24,25);/q-1;+1. The summed E-state index contributed by atoms with van der Waals surface area (Å²) in [6, 6.07) is 0. The van der Waals surface area contributed by atoms with Crippen LogP contribution in [0.25, 0.3) is 0 Å². The number of aliphatic imine (C=N–C) groups is 1. The van der Waals surface area contributed by atoms with Gasteiger partial charge in [0.2, 0.25) is 0 Å². The molecule has 4 heteroatoms. The Kier molecular flexibility index (Phi) is 18.5. The Balaban J connectivity index is 0.00000676. The van der Waals surface area contributed by atoms with Crippen LogP contribution in [0.2, 0.25) is 0 Å². The van der Waals surface area contributed by atoms with Crippen molar-refractivity contribution < 1.29 is 34.7 Å². The van der Waals surface area contributed by atoms with Crippen molar-refractivity contribution in [1.82, 2.24) is 5.32 Å². The summed E-state index contributed by atoms with van der Waals surface area (Å²) < 4.78 is 0. The van der Waals surface area contributed by atoms with Gasteiger partial charge in [0, 0.05) is 6.61 Å². The molecule has 3 nitrogen and oxygen atoms in total. The molecule has 1 unspecified atom stereocenters. The van der Waals surface area contributed by atoms with Crippen molar-refractivity contribution in [1.29, 1.82) is 0 Å². The van der Waals surface area contributed by atoms with Gasteiger partial charge in [0.25, 0.3) is 0 Å². The zero-order valence-electron chi connectivity index (χ0n) is 18.7. The minimum Gasteiger partial charge on any atom is -0.460 e. The Morgan fingerprint density at radius 2 is 1.33 bits per heavy atom. The van der Waals surface area contributed by atoms with Gasteiger partial charge < -0.3 is 15.4 Å². The van der Waals surface area contributed by atoms with Gasteiger partial charge in [-0.2, -0.15) is 0 Å². The third-order valence-corrected chi connectivity index (χ3v) is 5.90. The summed E-state index contributed by atoms with van der Waals surface area (Å²) in [6.45, 7) is 7.56. The topological polar surface area (TPSA) is 44.6 Å². The van der Waals surface area contributed by atoms with Crippen LogP contribution in [0.5, 0.6) is 0 Å². The van der Waals surface area contributed by atoms with Crippen LogP contribution < -0.4 is 34.9 Å². The van der Waals surface area contributed by atoms with Gasteiger partial charge in [-0.3, -0.25) is 0 Å². The molecule has 1 atom stereocenters. The zero-order chi connectivity index (χ0) is 18.9. The molecular weight excluding hydrogens is 343 g/mol. The van der Waals surface area contributed by atoms with Gasteiger partial charge in [0.05, 0.1) is 0 Å². The number of amidine groups is 1. The molecule has 0 aromatic carbocycles. The van der Waals surface area contributed by atoms with Crippen LogP contribution in [0.4, 0.5) is 0 Å². The molecule has 0 saturated carbocycles. The van der Waals surface area contributed by atoms with Crippen molar-refractivity contribution in [2.24, 2.45) is 10.4 Å². The number of hydrogen-bond donors (Lipinski definition) is 2. The number of rotatable bonds is 18. The van der Waals surface area contributed by atoms with E-state index in [0.717, 1.165) is 25.2 Å². The maximum atomic E-state index is 9.38. The SMILES string of the molecule is CCCCCCCCCCCCCCCCC(C)(CCO)C1=N[CH-]CN1.[Na+]. The molecule has 2 N–H and O–H groups in total. The molecule has 0 radical (unpaired) electrons. The largest absolute Gasteiger partial charge is 1.00 e. The van der Waals surface area contributed by atoms with E-state index >= 15 is 0 Å². The van der Waals surface area contributed by atoms with E-state index in [2.05, 4.69) is 24.2 Å². The molecule has 0 amide bonds. The van der Waals surface area contributed by atoms with Gasteiger partial charge in [0.1, 0.15) is 0 Å². The van der Waals surface area contributed by atoms with Gasteiger partial charge in [0.15, 0.2) is 0 Å². The fraction of sp³-hybridized carbons (Fsp3) is 0.913. The van der Waals surface area contributed by atoms with Gasteiger partial charge >= 0.3 is 29.6 Å². The molecule has 1 aliphatic heterocycles. The smallest absolute Gasteiger partial charge is 0.460 e. The van der Waals surface area contributed by atoms with Crippen LogP contribution in [0.3, 0.4) is 0 Å². The van der Waals surface area contributed by atoms with Gasteiger partial charge in [-0.25, -0.2) is 0 Å². The molecule has 27 heavy (non-hydrogen) atoms. The maximum Gasteiger partial charge on any atom is 1.00 e. The fourth-order valence-electron chi connectivity index (χ4n) is 4.01. The Labute approximate surface area is 191 Å². The Bertz CT molecular complexity index is 362. The molecule has 154 valence electrons. The summed E-state index contributed by atoms with van der Waals surface area (Å²) in [7, 11) is 0. The maximum absolute atomic E-state index is 9.38. The zero-order valence-corrected chi connectivity index (χ0v) is 20.7. The summed E-state index contributed by atoms with van der Waals surface area (Å²) in [5.74, 6) is 1.08. The molecule has 0 aliphatic carbocycles. The molecule has 0 bridgehead atoms. The minimum absolute atomic E-state index is 0. The van der Waals surface area contributed by atoms with Crippen LogP contribution in [-0.2, 0) is 0 Å². The molecule has 0 aromatic heterocycles.